The van der Waals surface area contributed by atoms with E-state index in [0.29, 0.717) is 6.42 Å². The summed E-state index contributed by atoms with van der Waals surface area (Å²) in [6, 6.07) is 0. The van der Waals surface area contributed by atoms with Crippen molar-refractivity contribution in [3.63, 3.8) is 0 Å². The summed E-state index contributed by atoms with van der Waals surface area (Å²) < 4.78 is 0. The first-order valence-corrected chi connectivity index (χ1v) is 4.88. The number of unbranched alkanes of at least 4 members (excludes halogenated alkanes) is 5. The van der Waals surface area contributed by atoms with E-state index in [2.05, 4.69) is 11.8 Å². The van der Waals surface area contributed by atoms with Crippen LogP contribution in [0.1, 0.15) is 51.9 Å². The van der Waals surface area contributed by atoms with E-state index in [4.69, 9.17) is 5.11 Å². The fourth-order valence-corrected chi connectivity index (χ4v) is 1.14. The Labute approximate surface area is 102 Å². The quantitative estimate of drug-likeness (QED) is 0.445. The molecule has 0 rings (SSSR count). The van der Waals surface area contributed by atoms with Crippen LogP contribution in [0.25, 0.3) is 0 Å². The van der Waals surface area contributed by atoms with Gasteiger partial charge in [-0.3, -0.25) is 4.79 Å². The van der Waals surface area contributed by atoms with Gasteiger partial charge in [-0.25, -0.2) is 0 Å². The van der Waals surface area contributed by atoms with Gasteiger partial charge in [0.05, 0.1) is 0 Å². The third-order valence-electron chi connectivity index (χ3n) is 1.87. The predicted octanol–water partition coefficient (Wildman–Crippen LogP) is 2.82. The summed E-state index contributed by atoms with van der Waals surface area (Å²) in [6.45, 7) is 1.85. The van der Waals surface area contributed by atoms with Crippen LogP contribution in [0.5, 0.6) is 0 Å². The Bertz CT molecular complexity index is 191. The van der Waals surface area contributed by atoms with E-state index in [-0.39, 0.29) is 22.4 Å². The molecule has 1 N–H and O–H groups in total. The third kappa shape index (κ3) is 14.3. The topological polar surface area (TPSA) is 37.3 Å². The molecule has 0 aliphatic carbocycles. The number of carboxylic acids is 1. The smallest absolute Gasteiger partial charge is 0.303 e. The van der Waals surface area contributed by atoms with Crippen LogP contribution in [0.2, 0.25) is 0 Å². The molecule has 0 aromatic carbocycles. The largest absolute Gasteiger partial charge is 0.481 e. The molecular weight excluding hydrogens is 272 g/mol. The van der Waals surface area contributed by atoms with Crippen molar-refractivity contribution < 1.29 is 32.3 Å². The zero-order valence-corrected chi connectivity index (χ0v) is 10.1. The minimum Gasteiger partial charge on any atom is -0.481 e. The number of hydrogen-bond acceptors (Lipinski definition) is 1. The van der Waals surface area contributed by atoms with E-state index in [1.54, 1.807) is 0 Å². The van der Waals surface area contributed by atoms with E-state index < -0.39 is 5.97 Å². The number of carbonyl (C=O) groups is 1. The van der Waals surface area contributed by atoms with Crippen LogP contribution < -0.4 is 0 Å². The maximum absolute atomic E-state index is 10.2. The number of aliphatic carboxylic acids is 1. The van der Waals surface area contributed by atoms with Crippen molar-refractivity contribution in [1.82, 2.24) is 0 Å². The fourth-order valence-electron chi connectivity index (χ4n) is 1.14. The first-order chi connectivity index (χ1) is 6.27. The number of carboxylic acid groups (broad SMARTS) is 1. The van der Waals surface area contributed by atoms with E-state index in [1.165, 1.54) is 6.42 Å². The second-order valence-corrected chi connectivity index (χ2v) is 3.09. The van der Waals surface area contributed by atoms with E-state index >= 15 is 0 Å². The predicted molar refractivity (Wildman–Crippen MR) is 53.4 cm³/mol. The molecule has 2 nitrogen and oxygen atoms in total. The Morgan fingerprint density at radius 2 is 1.71 bits per heavy atom. The van der Waals surface area contributed by atoms with E-state index in [1.807, 2.05) is 6.92 Å². The van der Waals surface area contributed by atoms with Crippen molar-refractivity contribution in [1.29, 1.82) is 0 Å². The van der Waals surface area contributed by atoms with Gasteiger partial charge in [0.2, 0.25) is 0 Å². The van der Waals surface area contributed by atoms with Gasteiger partial charge in [0, 0.05) is 35.2 Å². The van der Waals surface area contributed by atoms with Crippen molar-refractivity contribution in [3.8, 4) is 11.8 Å². The van der Waals surface area contributed by atoms with Gasteiger partial charge in [0.15, 0.2) is 0 Å². The molecule has 0 heterocycles. The van der Waals surface area contributed by atoms with Gasteiger partial charge in [-0.1, -0.05) is 19.3 Å². The molecule has 0 saturated carbocycles. The molecule has 3 heteroatoms. The van der Waals surface area contributed by atoms with Crippen molar-refractivity contribution in [2.24, 2.45) is 0 Å². The fraction of sp³-hybridized carbons (Fsp3) is 0.727. The summed E-state index contributed by atoms with van der Waals surface area (Å²) in [5, 5.41) is 8.37. The maximum atomic E-state index is 10.2. The second-order valence-electron chi connectivity index (χ2n) is 3.09. The Kier molecular flexibility index (Phi) is 14.8. The first-order valence-electron chi connectivity index (χ1n) is 4.88. The average molecular weight is 290 g/mol. The molecule has 1 radical (unpaired) electrons. The minimum absolute atomic E-state index is 0. The summed E-state index contributed by atoms with van der Waals surface area (Å²) in [6.07, 6.45) is 6.60. The van der Waals surface area contributed by atoms with Crippen molar-refractivity contribution in [2.75, 3.05) is 0 Å². The van der Waals surface area contributed by atoms with Crippen LogP contribution in [0, 0.1) is 11.8 Å². The molecule has 0 amide bonds. The van der Waals surface area contributed by atoms with Gasteiger partial charge >= 0.3 is 5.97 Å². The third-order valence-corrected chi connectivity index (χ3v) is 1.87. The van der Waals surface area contributed by atoms with Gasteiger partial charge in [0.25, 0.3) is 0 Å². The molecule has 0 spiro atoms. The van der Waals surface area contributed by atoms with Crippen LogP contribution in [0.3, 0.4) is 0 Å². The van der Waals surface area contributed by atoms with E-state index in [9.17, 15) is 4.79 Å². The van der Waals surface area contributed by atoms with Crippen LogP contribution in [0.4, 0.5) is 0 Å². The zero-order chi connectivity index (χ0) is 9.94. The molecule has 0 fully saturated rings. The second kappa shape index (κ2) is 12.8. The molecule has 0 saturated heterocycles. The van der Waals surface area contributed by atoms with Crippen molar-refractivity contribution in [3.05, 3.63) is 0 Å². The number of hydrogen-bond donors (Lipinski definition) is 1. The van der Waals surface area contributed by atoms with Gasteiger partial charge in [-0.05, 0) is 19.8 Å². The molecule has 0 bridgehead atoms. The molecule has 0 unspecified atom stereocenters. The Morgan fingerprint density at radius 3 is 2.29 bits per heavy atom. The van der Waals surface area contributed by atoms with Crippen LogP contribution >= 0.6 is 0 Å². The van der Waals surface area contributed by atoms with Crippen LogP contribution in [-0.2, 0) is 27.2 Å². The van der Waals surface area contributed by atoms with E-state index in [0.717, 1.165) is 32.1 Å². The first kappa shape index (κ1) is 16.2. The van der Waals surface area contributed by atoms with Crippen LogP contribution in [0.15, 0.2) is 0 Å². The van der Waals surface area contributed by atoms with Gasteiger partial charge in [-0.15, -0.1) is 11.8 Å². The molecule has 0 atom stereocenters. The minimum atomic E-state index is -0.683. The standard InChI is InChI=1S/C11H18O2.Ag/c1-2-3-4-5-6-7-8-9-10-11(12)13;/h4-10H2,1H3,(H,12,13);. The summed E-state index contributed by atoms with van der Waals surface area (Å²) >= 11 is 0. The summed E-state index contributed by atoms with van der Waals surface area (Å²) in [7, 11) is 0. The molecule has 0 aromatic rings. The zero-order valence-electron chi connectivity index (χ0n) is 8.61. The molecule has 0 aliphatic heterocycles. The molecule has 0 aliphatic rings. The van der Waals surface area contributed by atoms with Gasteiger partial charge in [-0.2, -0.15) is 0 Å². The molecule has 85 valence electrons. The van der Waals surface area contributed by atoms with Crippen molar-refractivity contribution >= 4 is 5.97 Å². The van der Waals surface area contributed by atoms with Gasteiger partial charge < -0.3 is 5.11 Å². The van der Waals surface area contributed by atoms with Crippen molar-refractivity contribution in [2.45, 2.75) is 51.9 Å². The summed E-state index contributed by atoms with van der Waals surface area (Å²) in [5.74, 6) is 5.19. The SMILES string of the molecule is CC#CCCCCCCCC(=O)O.[Ag]. The normalized spacial score (nSPS) is 8.36. The Balaban J connectivity index is 0. The average Bonchev–Trinajstić information content (AvgIpc) is 2.09. The van der Waals surface area contributed by atoms with Gasteiger partial charge in [0.1, 0.15) is 0 Å². The Morgan fingerprint density at radius 1 is 1.14 bits per heavy atom. The summed E-state index contributed by atoms with van der Waals surface area (Å²) in [4.78, 5) is 10.2. The molecule has 0 aromatic heterocycles. The molecule has 14 heavy (non-hydrogen) atoms. The van der Waals surface area contributed by atoms with Crippen LogP contribution in [-0.4, -0.2) is 11.1 Å². The monoisotopic (exact) mass is 289 g/mol. The number of rotatable bonds is 7. The molecular formula is C11H18AgO2. The summed E-state index contributed by atoms with van der Waals surface area (Å²) in [5.41, 5.74) is 0. The maximum Gasteiger partial charge on any atom is 0.303 e. The Hall–Kier alpha value is -0.230.